The van der Waals surface area contributed by atoms with Crippen molar-refractivity contribution < 1.29 is 14.3 Å². The summed E-state index contributed by atoms with van der Waals surface area (Å²) in [4.78, 5) is 30.6. The van der Waals surface area contributed by atoms with Gasteiger partial charge in [0.25, 0.3) is 0 Å². The van der Waals surface area contributed by atoms with E-state index < -0.39 is 5.97 Å². The summed E-state index contributed by atoms with van der Waals surface area (Å²) in [6.07, 6.45) is 0.150. The van der Waals surface area contributed by atoms with Crippen LogP contribution in [-0.2, 0) is 22.6 Å². The third kappa shape index (κ3) is 5.06. The minimum atomic E-state index is -0.573. The van der Waals surface area contributed by atoms with Gasteiger partial charge in [0.1, 0.15) is 11.6 Å². The van der Waals surface area contributed by atoms with Gasteiger partial charge in [-0.15, -0.1) is 16.4 Å². The molecule has 0 unspecified atom stereocenters. The maximum atomic E-state index is 12.5. The number of anilines is 1. The van der Waals surface area contributed by atoms with Crippen LogP contribution in [0.4, 0.5) is 5.69 Å². The zero-order valence-corrected chi connectivity index (χ0v) is 18.4. The lowest BCUT2D eigenvalue weighted by molar-refractivity contribution is -0.115. The van der Waals surface area contributed by atoms with Gasteiger partial charge >= 0.3 is 5.97 Å². The minimum absolute atomic E-state index is 0.00756. The Kier molecular flexibility index (Phi) is 6.37. The third-order valence-corrected chi connectivity index (χ3v) is 5.54. The highest BCUT2D eigenvalue weighted by molar-refractivity contribution is 7.09. The van der Waals surface area contributed by atoms with Crippen LogP contribution in [0.2, 0.25) is 0 Å². The number of nitrogens with zero attached hydrogens (tertiary/aromatic N) is 4. The van der Waals surface area contributed by atoms with E-state index in [0.717, 1.165) is 16.9 Å². The molecule has 4 rings (SSSR count). The molecule has 32 heavy (non-hydrogen) atoms. The van der Waals surface area contributed by atoms with Crippen LogP contribution in [0.5, 0.6) is 0 Å². The highest BCUT2D eigenvalue weighted by atomic mass is 32.1. The number of benzene rings is 2. The zero-order valence-electron chi connectivity index (χ0n) is 17.6. The topological polar surface area (TPSA) is 99.0 Å². The second-order valence-corrected chi connectivity index (χ2v) is 8.05. The van der Waals surface area contributed by atoms with Gasteiger partial charge < -0.3 is 10.1 Å². The Balaban J connectivity index is 1.33. The molecule has 1 amide bonds. The van der Waals surface area contributed by atoms with Crippen molar-refractivity contribution >= 4 is 28.9 Å². The first-order chi connectivity index (χ1) is 15.5. The Hall–Kier alpha value is -3.85. The maximum absolute atomic E-state index is 12.5. The van der Waals surface area contributed by atoms with E-state index in [1.54, 1.807) is 12.3 Å². The molecule has 0 spiro atoms. The number of rotatable bonds is 7. The molecule has 2 heterocycles. The van der Waals surface area contributed by atoms with Crippen LogP contribution in [0.15, 0.2) is 60.0 Å². The van der Waals surface area contributed by atoms with Crippen molar-refractivity contribution in [1.29, 1.82) is 0 Å². The first kappa shape index (κ1) is 21.4. The molecule has 8 nitrogen and oxygen atoms in total. The second kappa shape index (κ2) is 9.52. The molecule has 0 fully saturated rings. The number of aryl methyl sites for hydroxylation is 2. The van der Waals surface area contributed by atoms with E-state index in [0.29, 0.717) is 16.4 Å². The number of nitrogens with one attached hydrogen (secondary N) is 1. The fourth-order valence-electron chi connectivity index (χ4n) is 2.99. The summed E-state index contributed by atoms with van der Waals surface area (Å²) < 4.78 is 5.36. The molecular formula is C23H21N5O3S. The predicted molar refractivity (Wildman–Crippen MR) is 121 cm³/mol. The predicted octanol–water partition coefficient (Wildman–Crippen LogP) is 3.88. The van der Waals surface area contributed by atoms with E-state index >= 15 is 0 Å². The van der Waals surface area contributed by atoms with Gasteiger partial charge in [-0.2, -0.15) is 9.90 Å². The quantitative estimate of drug-likeness (QED) is 0.432. The van der Waals surface area contributed by atoms with Crippen molar-refractivity contribution in [2.45, 2.75) is 26.9 Å². The molecule has 0 radical (unpaired) electrons. The molecule has 4 aromatic rings. The molecule has 1 N–H and O–H groups in total. The highest BCUT2D eigenvalue weighted by Gasteiger charge is 2.19. The van der Waals surface area contributed by atoms with E-state index in [9.17, 15) is 9.59 Å². The molecule has 0 aliphatic rings. The van der Waals surface area contributed by atoms with Gasteiger partial charge in [0.2, 0.25) is 5.91 Å². The van der Waals surface area contributed by atoms with E-state index in [-0.39, 0.29) is 24.6 Å². The fraction of sp³-hybridized carbons (Fsp3) is 0.174. The monoisotopic (exact) mass is 447 g/mol. The third-order valence-electron chi connectivity index (χ3n) is 4.64. The lowest BCUT2D eigenvalue weighted by Crippen LogP contribution is -2.15. The number of thiazole rings is 1. The van der Waals surface area contributed by atoms with E-state index in [1.165, 1.54) is 16.1 Å². The first-order valence-corrected chi connectivity index (χ1v) is 10.8. The molecule has 0 bridgehead atoms. The van der Waals surface area contributed by atoms with Gasteiger partial charge in [-0.1, -0.05) is 36.4 Å². The molecule has 0 aliphatic heterocycles. The molecule has 0 saturated heterocycles. The van der Waals surface area contributed by atoms with Crippen molar-refractivity contribution in [2.24, 2.45) is 0 Å². The van der Waals surface area contributed by atoms with Gasteiger partial charge in [-0.05, 0) is 37.6 Å². The van der Waals surface area contributed by atoms with E-state index in [2.05, 4.69) is 20.5 Å². The van der Waals surface area contributed by atoms with Crippen molar-refractivity contribution in [3.8, 4) is 5.69 Å². The highest BCUT2D eigenvalue weighted by Crippen LogP contribution is 2.16. The van der Waals surface area contributed by atoms with Crippen LogP contribution in [0, 0.1) is 13.8 Å². The number of esters is 1. The van der Waals surface area contributed by atoms with Crippen LogP contribution < -0.4 is 5.32 Å². The summed E-state index contributed by atoms with van der Waals surface area (Å²) in [6.45, 7) is 3.63. The molecule has 9 heteroatoms. The largest absolute Gasteiger partial charge is 0.454 e. The van der Waals surface area contributed by atoms with E-state index in [4.69, 9.17) is 4.74 Å². The Labute approximate surface area is 188 Å². The molecule has 2 aromatic carbocycles. The summed E-state index contributed by atoms with van der Waals surface area (Å²) in [5, 5.41) is 13.8. The maximum Gasteiger partial charge on any atom is 0.361 e. The average molecular weight is 448 g/mol. The molecule has 0 saturated carbocycles. The van der Waals surface area contributed by atoms with Crippen LogP contribution >= 0.6 is 11.3 Å². The standard InChI is InChI=1S/C23H21N5O3S/c1-15-8-6-7-11-19(15)25-20(29)12-21-24-17(14-32-21)13-31-23(30)22-16(2)26-28(27-22)18-9-4-3-5-10-18/h3-11,14H,12-13H2,1-2H3,(H,25,29). The van der Waals surface area contributed by atoms with Crippen LogP contribution in [-0.4, -0.2) is 31.9 Å². The lowest BCUT2D eigenvalue weighted by atomic mass is 10.2. The molecule has 0 atom stereocenters. The fourth-order valence-corrected chi connectivity index (χ4v) is 3.77. The minimum Gasteiger partial charge on any atom is -0.454 e. The summed E-state index contributed by atoms with van der Waals surface area (Å²) in [7, 11) is 0. The van der Waals surface area contributed by atoms with Crippen LogP contribution in [0.25, 0.3) is 5.69 Å². The van der Waals surface area contributed by atoms with Gasteiger partial charge in [0, 0.05) is 11.1 Å². The number of amides is 1. The van der Waals surface area contributed by atoms with Crippen molar-refractivity contribution in [3.63, 3.8) is 0 Å². The lowest BCUT2D eigenvalue weighted by Gasteiger charge is -2.06. The summed E-state index contributed by atoms with van der Waals surface area (Å²) in [6, 6.07) is 16.9. The van der Waals surface area contributed by atoms with Gasteiger partial charge in [-0.3, -0.25) is 4.79 Å². The van der Waals surface area contributed by atoms with Crippen LogP contribution in [0.1, 0.15) is 32.4 Å². The van der Waals surface area contributed by atoms with Gasteiger partial charge in [-0.25, -0.2) is 9.78 Å². The second-order valence-electron chi connectivity index (χ2n) is 7.11. The summed E-state index contributed by atoms with van der Waals surface area (Å²) in [5.74, 6) is -0.720. The molecule has 162 valence electrons. The normalized spacial score (nSPS) is 10.7. The molecule has 2 aromatic heterocycles. The first-order valence-electron chi connectivity index (χ1n) is 9.95. The Morgan fingerprint density at radius 2 is 1.78 bits per heavy atom. The smallest absolute Gasteiger partial charge is 0.361 e. The average Bonchev–Trinajstić information content (AvgIpc) is 3.40. The number of carbonyl (C=O) groups is 2. The summed E-state index contributed by atoms with van der Waals surface area (Å²) in [5.41, 5.74) is 3.74. The van der Waals surface area contributed by atoms with Crippen molar-refractivity contribution in [1.82, 2.24) is 20.0 Å². The number of hydrogen-bond donors (Lipinski definition) is 1. The van der Waals surface area contributed by atoms with Crippen LogP contribution in [0.3, 0.4) is 0 Å². The number of aromatic nitrogens is 4. The van der Waals surface area contributed by atoms with Gasteiger partial charge in [0.05, 0.1) is 23.5 Å². The number of para-hydroxylation sites is 2. The molecular weight excluding hydrogens is 426 g/mol. The number of hydrogen-bond acceptors (Lipinski definition) is 7. The van der Waals surface area contributed by atoms with E-state index in [1.807, 2.05) is 61.5 Å². The molecule has 0 aliphatic carbocycles. The SMILES string of the molecule is Cc1ccccc1NC(=O)Cc1nc(COC(=O)c2nn(-c3ccccc3)nc2C)cs1. The summed E-state index contributed by atoms with van der Waals surface area (Å²) >= 11 is 1.35. The Morgan fingerprint density at radius 3 is 2.56 bits per heavy atom. The Bertz CT molecular complexity index is 1250. The van der Waals surface area contributed by atoms with Gasteiger partial charge in [0.15, 0.2) is 5.69 Å². The van der Waals surface area contributed by atoms with Crippen molar-refractivity contribution in [3.05, 3.63) is 87.6 Å². The zero-order chi connectivity index (χ0) is 22.5. The number of carbonyl (C=O) groups excluding carboxylic acids is 2. The number of ether oxygens (including phenoxy) is 1. The Morgan fingerprint density at radius 1 is 1.03 bits per heavy atom. The van der Waals surface area contributed by atoms with Crippen molar-refractivity contribution in [2.75, 3.05) is 5.32 Å².